The lowest BCUT2D eigenvalue weighted by atomic mass is 10.0. The van der Waals surface area contributed by atoms with Crippen molar-refractivity contribution in [1.29, 1.82) is 0 Å². The Labute approximate surface area is 178 Å². The van der Waals surface area contributed by atoms with Gasteiger partial charge in [0.25, 0.3) is 11.5 Å². The summed E-state index contributed by atoms with van der Waals surface area (Å²) in [7, 11) is 0. The van der Waals surface area contributed by atoms with Gasteiger partial charge in [-0.25, -0.2) is 0 Å². The summed E-state index contributed by atoms with van der Waals surface area (Å²) in [5, 5.41) is 3.03. The van der Waals surface area contributed by atoms with Crippen LogP contribution in [0.3, 0.4) is 0 Å². The fourth-order valence-corrected chi connectivity index (χ4v) is 4.90. The minimum absolute atomic E-state index is 0.0538. The molecule has 0 unspecified atom stereocenters. The molecule has 1 aliphatic rings. The van der Waals surface area contributed by atoms with E-state index in [9.17, 15) is 9.59 Å². The molecule has 1 saturated heterocycles. The summed E-state index contributed by atoms with van der Waals surface area (Å²) in [6.45, 7) is 3.97. The van der Waals surface area contributed by atoms with Gasteiger partial charge in [-0.15, -0.1) is 11.3 Å². The summed E-state index contributed by atoms with van der Waals surface area (Å²) in [5.74, 6) is -0.0538. The first-order chi connectivity index (χ1) is 14.7. The second-order valence-electron chi connectivity index (χ2n) is 7.59. The summed E-state index contributed by atoms with van der Waals surface area (Å²) >= 11 is 1.55. The molecule has 1 aliphatic heterocycles. The number of rotatable bonds is 5. The number of aromatic nitrogens is 1. The van der Waals surface area contributed by atoms with E-state index >= 15 is 0 Å². The molecule has 1 amide bonds. The molecule has 3 aromatic heterocycles. The highest BCUT2D eigenvalue weighted by Gasteiger charge is 2.33. The minimum atomic E-state index is -0.115. The van der Waals surface area contributed by atoms with Gasteiger partial charge in [-0.2, -0.15) is 0 Å². The molecule has 30 heavy (non-hydrogen) atoms. The van der Waals surface area contributed by atoms with Crippen LogP contribution in [-0.4, -0.2) is 41.0 Å². The molecule has 0 spiro atoms. The van der Waals surface area contributed by atoms with Crippen molar-refractivity contribution in [3.8, 4) is 11.1 Å². The Balaban J connectivity index is 1.66. The largest absolute Gasteiger partial charge is 0.375 e. The van der Waals surface area contributed by atoms with Gasteiger partial charge in [0.2, 0.25) is 0 Å². The number of amides is 1. The van der Waals surface area contributed by atoms with Gasteiger partial charge in [0, 0.05) is 31.5 Å². The lowest BCUT2D eigenvalue weighted by Gasteiger charge is -2.39. The molecule has 5 rings (SSSR count). The zero-order valence-corrected chi connectivity index (χ0v) is 17.5. The molecule has 0 N–H and O–H groups in total. The standard InChI is InChI=1S/C24H22N2O3S/c1-2-11-29-18-14-25(15-18)23(27)20-13-19(16-6-4-3-5-7-16)24(28)26-10-8-17-9-12-30-22(17)21(20)26/h3-10,12-13,18H,2,11,14-15H2,1H3. The molecule has 0 bridgehead atoms. The van der Waals surface area contributed by atoms with Crippen LogP contribution in [0.25, 0.3) is 26.7 Å². The van der Waals surface area contributed by atoms with Crippen molar-refractivity contribution in [3.63, 3.8) is 0 Å². The maximum Gasteiger partial charge on any atom is 0.263 e. The molecule has 5 nitrogen and oxygen atoms in total. The van der Waals surface area contributed by atoms with E-state index in [2.05, 4.69) is 6.92 Å². The molecule has 4 heterocycles. The summed E-state index contributed by atoms with van der Waals surface area (Å²) < 4.78 is 8.33. The Morgan fingerprint density at radius 1 is 1.17 bits per heavy atom. The minimum Gasteiger partial charge on any atom is -0.375 e. The summed E-state index contributed by atoms with van der Waals surface area (Å²) in [6, 6.07) is 15.2. The van der Waals surface area contributed by atoms with E-state index in [0.29, 0.717) is 36.3 Å². The number of pyridine rings is 2. The fourth-order valence-electron chi connectivity index (χ4n) is 3.96. The maximum absolute atomic E-state index is 13.5. The van der Waals surface area contributed by atoms with Crippen LogP contribution >= 0.6 is 11.3 Å². The van der Waals surface area contributed by atoms with Crippen LogP contribution in [-0.2, 0) is 4.74 Å². The molecule has 0 radical (unpaired) electrons. The highest BCUT2D eigenvalue weighted by molar-refractivity contribution is 7.18. The lowest BCUT2D eigenvalue weighted by molar-refractivity contribution is -0.0420. The second kappa shape index (κ2) is 7.70. The van der Waals surface area contributed by atoms with E-state index in [1.165, 1.54) is 0 Å². The average molecular weight is 419 g/mol. The van der Waals surface area contributed by atoms with Crippen LogP contribution in [0, 0.1) is 0 Å². The van der Waals surface area contributed by atoms with E-state index in [1.54, 1.807) is 32.9 Å². The molecule has 0 atom stereocenters. The third-order valence-corrected chi connectivity index (χ3v) is 6.49. The van der Waals surface area contributed by atoms with Crippen LogP contribution < -0.4 is 5.56 Å². The van der Waals surface area contributed by atoms with Gasteiger partial charge in [0.05, 0.1) is 21.9 Å². The van der Waals surface area contributed by atoms with Gasteiger partial charge >= 0.3 is 0 Å². The smallest absolute Gasteiger partial charge is 0.263 e. The van der Waals surface area contributed by atoms with Crippen LogP contribution in [0.1, 0.15) is 23.7 Å². The molecule has 4 aromatic rings. The third kappa shape index (κ3) is 3.13. The maximum atomic E-state index is 13.5. The Bertz CT molecular complexity index is 1290. The van der Waals surface area contributed by atoms with Gasteiger partial charge in [0.1, 0.15) is 0 Å². The van der Waals surface area contributed by atoms with Crippen molar-refractivity contribution in [2.45, 2.75) is 19.4 Å². The van der Waals surface area contributed by atoms with Crippen molar-refractivity contribution in [2.75, 3.05) is 19.7 Å². The van der Waals surface area contributed by atoms with E-state index in [-0.39, 0.29) is 17.6 Å². The Hall–Kier alpha value is -2.96. The first kappa shape index (κ1) is 19.0. The van der Waals surface area contributed by atoms with Gasteiger partial charge in [0.15, 0.2) is 0 Å². The summed E-state index contributed by atoms with van der Waals surface area (Å²) in [6.07, 6.45) is 2.84. The van der Waals surface area contributed by atoms with Crippen LogP contribution in [0.15, 0.2) is 64.9 Å². The summed E-state index contributed by atoms with van der Waals surface area (Å²) in [5.41, 5.74) is 2.48. The van der Waals surface area contributed by atoms with E-state index in [1.807, 2.05) is 47.8 Å². The van der Waals surface area contributed by atoms with Gasteiger partial charge < -0.3 is 9.64 Å². The predicted octanol–water partition coefficient (Wildman–Crippen LogP) is 4.43. The fraction of sp³-hybridized carbons (Fsp3) is 0.250. The van der Waals surface area contributed by atoms with E-state index in [0.717, 1.165) is 22.1 Å². The lowest BCUT2D eigenvalue weighted by Crippen LogP contribution is -2.55. The Morgan fingerprint density at radius 2 is 1.97 bits per heavy atom. The van der Waals surface area contributed by atoms with Crippen molar-refractivity contribution < 1.29 is 9.53 Å². The average Bonchev–Trinajstić information content (AvgIpc) is 3.22. The zero-order valence-electron chi connectivity index (χ0n) is 16.7. The zero-order chi connectivity index (χ0) is 20.7. The van der Waals surface area contributed by atoms with Crippen molar-refractivity contribution in [3.05, 3.63) is 76.0 Å². The predicted molar refractivity (Wildman–Crippen MR) is 120 cm³/mol. The monoisotopic (exact) mass is 418 g/mol. The number of benzene rings is 1. The van der Waals surface area contributed by atoms with Crippen molar-refractivity contribution >= 4 is 32.8 Å². The number of hydrogen-bond donors (Lipinski definition) is 0. The molecule has 1 aromatic carbocycles. The molecule has 1 fully saturated rings. The highest BCUT2D eigenvalue weighted by atomic mass is 32.1. The number of likely N-dealkylation sites (tertiary alicyclic amines) is 1. The SMILES string of the molecule is CCCOC1CN(C(=O)c2cc(-c3ccccc3)c(=O)n3ccc4ccsc4c23)C1. The Kier molecular flexibility index (Phi) is 4.89. The van der Waals surface area contributed by atoms with Gasteiger partial charge in [-0.1, -0.05) is 37.3 Å². The highest BCUT2D eigenvalue weighted by Crippen LogP contribution is 2.31. The van der Waals surface area contributed by atoms with E-state index in [4.69, 9.17) is 4.74 Å². The molecule has 152 valence electrons. The first-order valence-corrected chi connectivity index (χ1v) is 11.1. The Morgan fingerprint density at radius 3 is 2.73 bits per heavy atom. The normalized spacial score (nSPS) is 14.4. The molecule has 0 aliphatic carbocycles. The summed E-state index contributed by atoms with van der Waals surface area (Å²) in [4.78, 5) is 28.6. The van der Waals surface area contributed by atoms with Gasteiger partial charge in [-0.05, 0) is 40.9 Å². The van der Waals surface area contributed by atoms with Crippen molar-refractivity contribution in [1.82, 2.24) is 9.30 Å². The molecular weight excluding hydrogens is 396 g/mol. The number of fused-ring (bicyclic) bond motifs is 3. The number of carbonyl (C=O) groups excluding carboxylic acids is 1. The second-order valence-corrected chi connectivity index (χ2v) is 8.50. The number of ether oxygens (including phenoxy) is 1. The number of thiophene rings is 1. The topological polar surface area (TPSA) is 51.0 Å². The van der Waals surface area contributed by atoms with Crippen LogP contribution in [0.4, 0.5) is 0 Å². The van der Waals surface area contributed by atoms with Crippen LogP contribution in [0.5, 0.6) is 0 Å². The number of hydrogen-bond acceptors (Lipinski definition) is 4. The number of nitrogens with zero attached hydrogens (tertiary/aromatic N) is 2. The van der Waals surface area contributed by atoms with Crippen molar-refractivity contribution in [2.24, 2.45) is 0 Å². The first-order valence-electron chi connectivity index (χ1n) is 10.2. The number of carbonyl (C=O) groups is 1. The molecule has 0 saturated carbocycles. The van der Waals surface area contributed by atoms with Gasteiger partial charge in [-0.3, -0.25) is 14.0 Å². The molecule has 6 heteroatoms. The van der Waals surface area contributed by atoms with E-state index < -0.39 is 0 Å². The third-order valence-electron chi connectivity index (χ3n) is 5.56. The quantitative estimate of drug-likeness (QED) is 0.482. The molecular formula is C24H22N2O3S. The van der Waals surface area contributed by atoms with Crippen LogP contribution in [0.2, 0.25) is 0 Å².